The molecule has 2 aromatic carbocycles. The quantitative estimate of drug-likeness (QED) is 0.316. The molecule has 0 aliphatic carbocycles. The third kappa shape index (κ3) is 4.71. The Morgan fingerprint density at radius 3 is 2.54 bits per heavy atom. The monoisotopic (exact) mass is 469 g/mol. The number of nitrogens with one attached hydrogen (secondary N) is 1. The van der Waals surface area contributed by atoms with E-state index in [4.69, 9.17) is 4.74 Å². The topological polar surface area (TPSA) is 76.0 Å². The van der Waals surface area contributed by atoms with Crippen molar-refractivity contribution in [3.8, 4) is 17.0 Å². The SMILES string of the molecule is CCCCOc1ccc(C2c3c(-c4ccc(C)cc4)n[nH]c3C(=O)N2CCCn2ccnc2)cc1. The third-order valence-electron chi connectivity index (χ3n) is 6.53. The van der Waals surface area contributed by atoms with E-state index in [9.17, 15) is 4.79 Å². The molecule has 1 N–H and O–H groups in total. The van der Waals surface area contributed by atoms with Crippen molar-refractivity contribution in [2.45, 2.75) is 45.7 Å². The number of aromatic amines is 1. The van der Waals surface area contributed by atoms with E-state index in [1.54, 1.807) is 6.20 Å². The van der Waals surface area contributed by atoms with Gasteiger partial charge in [0.2, 0.25) is 0 Å². The second-order valence-electron chi connectivity index (χ2n) is 9.05. The van der Waals surface area contributed by atoms with Crippen LogP contribution in [-0.4, -0.2) is 43.7 Å². The maximum Gasteiger partial charge on any atom is 0.273 e. The Bertz CT molecular complexity index is 1260. The molecular formula is C28H31N5O2. The molecule has 35 heavy (non-hydrogen) atoms. The lowest BCUT2D eigenvalue weighted by molar-refractivity contribution is 0.0739. The fraction of sp³-hybridized carbons (Fsp3) is 0.321. The Kier molecular flexibility index (Phi) is 6.66. The van der Waals surface area contributed by atoms with Crippen molar-refractivity contribution >= 4 is 5.91 Å². The van der Waals surface area contributed by atoms with Gasteiger partial charge in [0.15, 0.2) is 0 Å². The summed E-state index contributed by atoms with van der Waals surface area (Å²) in [6.45, 7) is 6.36. The van der Waals surface area contributed by atoms with E-state index >= 15 is 0 Å². The first-order valence-electron chi connectivity index (χ1n) is 12.3. The summed E-state index contributed by atoms with van der Waals surface area (Å²) in [4.78, 5) is 19.6. The van der Waals surface area contributed by atoms with Gasteiger partial charge in [-0.15, -0.1) is 0 Å². The molecule has 0 saturated carbocycles. The maximum atomic E-state index is 13.5. The number of ether oxygens (including phenoxy) is 1. The highest BCUT2D eigenvalue weighted by molar-refractivity contribution is 6.00. The number of hydrogen-bond donors (Lipinski definition) is 1. The minimum absolute atomic E-state index is 0.00948. The number of amides is 1. The molecule has 7 heteroatoms. The zero-order chi connectivity index (χ0) is 24.2. The lowest BCUT2D eigenvalue weighted by atomic mass is 9.95. The van der Waals surface area contributed by atoms with E-state index in [1.807, 2.05) is 34.1 Å². The fourth-order valence-electron chi connectivity index (χ4n) is 4.63. The molecule has 1 aliphatic heterocycles. The van der Waals surface area contributed by atoms with Crippen molar-refractivity contribution in [3.05, 3.63) is 89.6 Å². The van der Waals surface area contributed by atoms with E-state index < -0.39 is 0 Å². The highest BCUT2D eigenvalue weighted by Crippen LogP contribution is 2.43. The van der Waals surface area contributed by atoms with Gasteiger partial charge in [0.1, 0.15) is 11.4 Å². The Hall–Kier alpha value is -3.87. The van der Waals surface area contributed by atoms with Crippen molar-refractivity contribution in [1.82, 2.24) is 24.6 Å². The molecule has 1 aliphatic rings. The molecule has 5 rings (SSSR count). The molecule has 180 valence electrons. The van der Waals surface area contributed by atoms with Crippen LogP contribution >= 0.6 is 0 Å². The van der Waals surface area contributed by atoms with Gasteiger partial charge in [-0.1, -0.05) is 55.3 Å². The van der Waals surface area contributed by atoms with E-state index in [2.05, 4.69) is 65.4 Å². The fourth-order valence-corrected chi connectivity index (χ4v) is 4.63. The number of nitrogens with zero attached hydrogens (tertiary/aromatic N) is 4. The number of H-pyrrole nitrogens is 1. The first-order valence-corrected chi connectivity index (χ1v) is 12.3. The van der Waals surface area contributed by atoms with Gasteiger partial charge < -0.3 is 14.2 Å². The molecule has 7 nitrogen and oxygen atoms in total. The van der Waals surface area contributed by atoms with Crippen molar-refractivity contribution in [2.75, 3.05) is 13.2 Å². The van der Waals surface area contributed by atoms with Gasteiger partial charge in [-0.25, -0.2) is 4.98 Å². The normalized spacial score (nSPS) is 15.0. The number of fused-ring (bicyclic) bond motifs is 1. The van der Waals surface area contributed by atoms with Gasteiger partial charge in [0.25, 0.3) is 5.91 Å². The molecule has 2 aromatic heterocycles. The number of carbonyl (C=O) groups excluding carboxylic acids is 1. The van der Waals surface area contributed by atoms with Crippen molar-refractivity contribution in [2.24, 2.45) is 0 Å². The van der Waals surface area contributed by atoms with E-state index in [-0.39, 0.29) is 11.9 Å². The second-order valence-corrected chi connectivity index (χ2v) is 9.05. The van der Waals surface area contributed by atoms with Crippen LogP contribution < -0.4 is 4.74 Å². The Morgan fingerprint density at radius 1 is 1.03 bits per heavy atom. The molecular weight excluding hydrogens is 438 g/mol. The number of hydrogen-bond acceptors (Lipinski definition) is 4. The van der Waals surface area contributed by atoms with Crippen LogP contribution in [0, 0.1) is 6.92 Å². The summed E-state index contributed by atoms with van der Waals surface area (Å²) in [5.74, 6) is 0.842. The zero-order valence-electron chi connectivity index (χ0n) is 20.3. The first-order chi connectivity index (χ1) is 17.2. The Morgan fingerprint density at radius 2 is 1.83 bits per heavy atom. The number of benzene rings is 2. The van der Waals surface area contributed by atoms with Gasteiger partial charge in [-0.2, -0.15) is 5.10 Å². The Labute approximate surface area is 205 Å². The maximum absolute atomic E-state index is 13.5. The van der Waals surface area contributed by atoms with Crippen LogP contribution in [0.4, 0.5) is 0 Å². The summed E-state index contributed by atoms with van der Waals surface area (Å²) in [5, 5.41) is 7.62. The largest absolute Gasteiger partial charge is 0.494 e. The lowest BCUT2D eigenvalue weighted by Gasteiger charge is -2.26. The molecule has 0 fully saturated rings. The molecule has 0 radical (unpaired) electrons. The van der Waals surface area contributed by atoms with Crippen LogP contribution in [0.15, 0.2) is 67.3 Å². The Balaban J connectivity index is 1.47. The molecule has 0 saturated heterocycles. The number of aryl methyl sites for hydroxylation is 2. The number of rotatable bonds is 10. The smallest absolute Gasteiger partial charge is 0.273 e. The standard InChI is InChI=1S/C28H31N5O2/c1-3-4-18-35-23-12-10-22(11-13-23)27-24-25(21-8-6-20(2)7-9-21)30-31-26(24)28(34)33(27)16-5-15-32-17-14-29-19-32/h6-14,17,19,27H,3-5,15-16,18H2,1-2H3,(H,30,31). The highest BCUT2D eigenvalue weighted by atomic mass is 16.5. The molecule has 1 atom stereocenters. The number of aromatic nitrogens is 4. The van der Waals surface area contributed by atoms with Crippen LogP contribution in [0.3, 0.4) is 0 Å². The second kappa shape index (κ2) is 10.2. The number of imidazole rings is 1. The molecule has 4 aromatic rings. The van der Waals surface area contributed by atoms with Crippen molar-refractivity contribution in [1.29, 1.82) is 0 Å². The van der Waals surface area contributed by atoms with Crippen molar-refractivity contribution < 1.29 is 9.53 Å². The average molecular weight is 470 g/mol. The molecule has 0 spiro atoms. The van der Waals surface area contributed by atoms with E-state index in [1.165, 1.54) is 5.56 Å². The van der Waals surface area contributed by atoms with E-state index in [0.29, 0.717) is 18.8 Å². The van der Waals surface area contributed by atoms with Crippen LogP contribution in [0.1, 0.15) is 59.4 Å². The van der Waals surface area contributed by atoms with Crippen LogP contribution in [-0.2, 0) is 6.54 Å². The third-order valence-corrected chi connectivity index (χ3v) is 6.53. The van der Waals surface area contributed by atoms with E-state index in [0.717, 1.165) is 53.9 Å². The molecule has 0 bridgehead atoms. The summed E-state index contributed by atoms with van der Waals surface area (Å²) in [7, 11) is 0. The molecule has 1 amide bonds. The van der Waals surface area contributed by atoms with Gasteiger partial charge in [-0.05, 0) is 37.5 Å². The molecule has 3 heterocycles. The predicted molar refractivity (Wildman–Crippen MR) is 135 cm³/mol. The lowest BCUT2D eigenvalue weighted by Crippen LogP contribution is -2.31. The van der Waals surface area contributed by atoms with Crippen LogP contribution in [0.5, 0.6) is 5.75 Å². The molecule has 1 unspecified atom stereocenters. The highest BCUT2D eigenvalue weighted by Gasteiger charge is 2.41. The van der Waals surface area contributed by atoms with Gasteiger partial charge in [0.05, 0.1) is 24.7 Å². The van der Waals surface area contributed by atoms with Crippen LogP contribution in [0.2, 0.25) is 0 Å². The zero-order valence-corrected chi connectivity index (χ0v) is 20.3. The number of unbranched alkanes of at least 4 members (excludes halogenated alkanes) is 1. The minimum Gasteiger partial charge on any atom is -0.494 e. The summed E-state index contributed by atoms with van der Waals surface area (Å²) >= 11 is 0. The van der Waals surface area contributed by atoms with Crippen LogP contribution in [0.25, 0.3) is 11.3 Å². The summed E-state index contributed by atoms with van der Waals surface area (Å²) in [6.07, 6.45) is 8.49. The first kappa shape index (κ1) is 22.9. The van der Waals surface area contributed by atoms with Crippen molar-refractivity contribution in [3.63, 3.8) is 0 Å². The predicted octanol–water partition coefficient (Wildman–Crippen LogP) is 5.40. The van der Waals surface area contributed by atoms with Gasteiger partial charge >= 0.3 is 0 Å². The summed E-state index contributed by atoms with van der Waals surface area (Å²) in [6, 6.07) is 16.2. The average Bonchev–Trinajstić information content (AvgIpc) is 3.60. The van der Waals surface area contributed by atoms with Gasteiger partial charge in [-0.3, -0.25) is 9.89 Å². The minimum atomic E-state index is -0.208. The summed E-state index contributed by atoms with van der Waals surface area (Å²) < 4.78 is 7.91. The number of carbonyl (C=O) groups is 1. The van der Waals surface area contributed by atoms with Gasteiger partial charge in [0, 0.05) is 36.6 Å². The summed E-state index contributed by atoms with van der Waals surface area (Å²) in [5.41, 5.74) is 5.60.